The van der Waals surface area contributed by atoms with E-state index in [2.05, 4.69) is 25.5 Å². The molecule has 6 nitrogen and oxygen atoms in total. The molecular formula is C17H23N5OS. The average molecular weight is 345 g/mol. The largest absolute Gasteiger partial charge is 0.356 e. The molecule has 1 aliphatic rings. The number of aryl methyl sites for hydroxylation is 2. The number of hydrogen-bond acceptors (Lipinski definition) is 6. The number of hydrogen-bond donors (Lipinski definition) is 2. The molecule has 7 heteroatoms. The monoisotopic (exact) mass is 345 g/mol. The minimum Gasteiger partial charge on any atom is -0.356 e. The molecule has 2 N–H and O–H groups in total. The zero-order chi connectivity index (χ0) is 16.9. The molecule has 0 bridgehead atoms. The van der Waals surface area contributed by atoms with Gasteiger partial charge in [0, 0.05) is 37.9 Å². The molecule has 0 unspecified atom stereocenters. The Labute approximate surface area is 146 Å². The van der Waals surface area contributed by atoms with Crippen LogP contribution >= 0.6 is 11.3 Å². The van der Waals surface area contributed by atoms with Gasteiger partial charge in [-0.1, -0.05) is 0 Å². The number of anilines is 2. The first-order chi connectivity index (χ1) is 11.6. The van der Waals surface area contributed by atoms with Crippen LogP contribution in [0.5, 0.6) is 0 Å². The van der Waals surface area contributed by atoms with Gasteiger partial charge in [-0.15, -0.1) is 11.3 Å². The Balaban J connectivity index is 1.50. The summed E-state index contributed by atoms with van der Waals surface area (Å²) in [6.45, 7) is 7.22. The van der Waals surface area contributed by atoms with Crippen molar-refractivity contribution >= 4 is 29.0 Å². The van der Waals surface area contributed by atoms with Gasteiger partial charge < -0.3 is 15.5 Å². The van der Waals surface area contributed by atoms with Crippen LogP contribution in [0.1, 0.15) is 33.8 Å². The van der Waals surface area contributed by atoms with Gasteiger partial charge in [0.2, 0.25) is 5.95 Å². The zero-order valence-corrected chi connectivity index (χ0v) is 14.9. The molecule has 0 spiro atoms. The maximum Gasteiger partial charge on any atom is 0.261 e. The van der Waals surface area contributed by atoms with Gasteiger partial charge in [-0.25, -0.2) is 4.98 Å². The summed E-state index contributed by atoms with van der Waals surface area (Å²) in [5, 5.41) is 8.09. The molecule has 0 aromatic carbocycles. The van der Waals surface area contributed by atoms with Gasteiger partial charge in [0.15, 0.2) is 0 Å². The first-order valence-electron chi connectivity index (χ1n) is 8.29. The predicted molar refractivity (Wildman–Crippen MR) is 98.1 cm³/mol. The lowest BCUT2D eigenvalue weighted by atomic mass is 10.3. The summed E-state index contributed by atoms with van der Waals surface area (Å²) in [5.41, 5.74) is 2.07. The van der Waals surface area contributed by atoms with E-state index in [0.29, 0.717) is 19.0 Å². The topological polar surface area (TPSA) is 70.2 Å². The number of carbonyl (C=O) groups is 1. The minimum absolute atomic E-state index is 0.0298. The van der Waals surface area contributed by atoms with Crippen LogP contribution in [0, 0.1) is 13.8 Å². The number of nitrogens with one attached hydrogen (secondary N) is 2. The maximum atomic E-state index is 12.0. The summed E-state index contributed by atoms with van der Waals surface area (Å²) in [5.74, 6) is 1.58. The van der Waals surface area contributed by atoms with Crippen molar-refractivity contribution in [1.29, 1.82) is 0 Å². The fourth-order valence-corrected chi connectivity index (χ4v) is 3.54. The summed E-state index contributed by atoms with van der Waals surface area (Å²) in [6, 6.07) is 3.93. The lowest BCUT2D eigenvalue weighted by Crippen LogP contribution is -2.28. The van der Waals surface area contributed by atoms with Gasteiger partial charge >= 0.3 is 0 Å². The van der Waals surface area contributed by atoms with Crippen molar-refractivity contribution < 1.29 is 4.79 Å². The van der Waals surface area contributed by atoms with E-state index in [9.17, 15) is 4.79 Å². The van der Waals surface area contributed by atoms with Gasteiger partial charge in [-0.3, -0.25) is 4.79 Å². The third-order valence-corrected chi connectivity index (χ3v) is 4.97. The molecule has 2 aromatic rings. The van der Waals surface area contributed by atoms with Crippen molar-refractivity contribution in [3.8, 4) is 0 Å². The molecule has 24 heavy (non-hydrogen) atoms. The number of thiophene rings is 1. The Hall–Kier alpha value is -2.15. The Morgan fingerprint density at radius 2 is 2.00 bits per heavy atom. The van der Waals surface area contributed by atoms with Gasteiger partial charge in [-0.2, -0.15) is 4.98 Å². The Morgan fingerprint density at radius 3 is 2.71 bits per heavy atom. The summed E-state index contributed by atoms with van der Waals surface area (Å²) in [7, 11) is 0. The third-order valence-electron chi connectivity index (χ3n) is 3.92. The highest BCUT2D eigenvalue weighted by molar-refractivity contribution is 7.12. The van der Waals surface area contributed by atoms with Crippen molar-refractivity contribution in [1.82, 2.24) is 15.3 Å². The number of carbonyl (C=O) groups excluding carboxylic acids is 1. The van der Waals surface area contributed by atoms with E-state index in [1.807, 2.05) is 31.4 Å². The van der Waals surface area contributed by atoms with Crippen LogP contribution in [0.3, 0.4) is 0 Å². The van der Waals surface area contributed by atoms with Gasteiger partial charge in [0.05, 0.1) is 4.88 Å². The quantitative estimate of drug-likeness (QED) is 0.788. The standard InChI is InChI=1S/C17H23N5OS/c1-12-9-14(24-11-12)16(23)18-5-6-19-17-20-13(2)10-15(21-17)22-7-3-4-8-22/h9-11H,3-8H2,1-2H3,(H,18,23)(H,19,20,21). The molecule has 128 valence electrons. The zero-order valence-electron chi connectivity index (χ0n) is 14.1. The van der Waals surface area contributed by atoms with Crippen molar-refractivity contribution in [3.63, 3.8) is 0 Å². The van der Waals surface area contributed by atoms with Crippen LogP contribution < -0.4 is 15.5 Å². The predicted octanol–water partition coefficient (Wildman–Crippen LogP) is 2.60. The molecule has 0 atom stereocenters. The lowest BCUT2D eigenvalue weighted by Gasteiger charge is -2.17. The second-order valence-corrected chi connectivity index (χ2v) is 6.97. The Kier molecular flexibility index (Phi) is 5.30. The van der Waals surface area contributed by atoms with E-state index in [4.69, 9.17) is 0 Å². The summed E-state index contributed by atoms with van der Waals surface area (Å²) in [6.07, 6.45) is 2.44. The Morgan fingerprint density at radius 1 is 1.21 bits per heavy atom. The maximum absolute atomic E-state index is 12.0. The number of amides is 1. The van der Waals surface area contributed by atoms with Crippen LogP contribution in [-0.2, 0) is 0 Å². The molecule has 0 aliphatic carbocycles. The molecule has 1 fully saturated rings. The van der Waals surface area contributed by atoms with Crippen LogP contribution in [-0.4, -0.2) is 42.1 Å². The highest BCUT2D eigenvalue weighted by Gasteiger charge is 2.15. The van der Waals surface area contributed by atoms with Crippen molar-refractivity contribution in [2.75, 3.05) is 36.4 Å². The lowest BCUT2D eigenvalue weighted by molar-refractivity contribution is 0.0959. The van der Waals surface area contributed by atoms with E-state index in [-0.39, 0.29) is 5.91 Å². The van der Waals surface area contributed by atoms with E-state index in [0.717, 1.165) is 35.0 Å². The van der Waals surface area contributed by atoms with E-state index >= 15 is 0 Å². The molecule has 0 radical (unpaired) electrons. The smallest absolute Gasteiger partial charge is 0.261 e. The van der Waals surface area contributed by atoms with Crippen LogP contribution in [0.15, 0.2) is 17.5 Å². The molecule has 0 saturated carbocycles. The third kappa shape index (κ3) is 4.23. The molecule has 3 rings (SSSR count). The molecular weight excluding hydrogens is 322 g/mol. The first-order valence-corrected chi connectivity index (χ1v) is 9.17. The minimum atomic E-state index is -0.0298. The van der Waals surface area contributed by atoms with E-state index < -0.39 is 0 Å². The number of nitrogens with zero attached hydrogens (tertiary/aromatic N) is 3. The SMILES string of the molecule is Cc1csc(C(=O)NCCNc2nc(C)cc(N3CCCC3)n2)c1. The summed E-state index contributed by atoms with van der Waals surface area (Å²) < 4.78 is 0. The molecule has 1 aliphatic heterocycles. The van der Waals surface area contributed by atoms with E-state index in [1.165, 1.54) is 24.2 Å². The molecule has 1 saturated heterocycles. The number of rotatable bonds is 6. The van der Waals surface area contributed by atoms with Crippen molar-refractivity contribution in [2.45, 2.75) is 26.7 Å². The second-order valence-electron chi connectivity index (χ2n) is 6.06. The second kappa shape index (κ2) is 7.61. The normalized spacial score (nSPS) is 14.0. The van der Waals surface area contributed by atoms with Gasteiger partial charge in [0.1, 0.15) is 5.82 Å². The van der Waals surface area contributed by atoms with Gasteiger partial charge in [0.25, 0.3) is 5.91 Å². The first kappa shape index (κ1) is 16.7. The molecule has 2 aromatic heterocycles. The fraction of sp³-hybridized carbons (Fsp3) is 0.471. The molecule has 3 heterocycles. The summed E-state index contributed by atoms with van der Waals surface area (Å²) >= 11 is 1.47. The fourth-order valence-electron chi connectivity index (χ4n) is 2.73. The summed E-state index contributed by atoms with van der Waals surface area (Å²) in [4.78, 5) is 24.0. The highest BCUT2D eigenvalue weighted by Crippen LogP contribution is 2.19. The van der Waals surface area contributed by atoms with Crippen LogP contribution in [0.2, 0.25) is 0 Å². The molecule has 1 amide bonds. The average Bonchev–Trinajstić information content (AvgIpc) is 3.22. The number of aromatic nitrogens is 2. The van der Waals surface area contributed by atoms with Crippen LogP contribution in [0.4, 0.5) is 11.8 Å². The van der Waals surface area contributed by atoms with E-state index in [1.54, 1.807) is 0 Å². The van der Waals surface area contributed by atoms with Crippen LogP contribution in [0.25, 0.3) is 0 Å². The Bertz CT molecular complexity index is 709. The van der Waals surface area contributed by atoms with Crippen molar-refractivity contribution in [3.05, 3.63) is 33.6 Å². The van der Waals surface area contributed by atoms with Crippen molar-refractivity contribution in [2.24, 2.45) is 0 Å². The highest BCUT2D eigenvalue weighted by atomic mass is 32.1. The van der Waals surface area contributed by atoms with Gasteiger partial charge in [-0.05, 0) is 43.7 Å².